The highest BCUT2D eigenvalue weighted by Crippen LogP contribution is 2.41. The number of carbonyl (C=O) groups is 1. The second-order valence-electron chi connectivity index (χ2n) is 5.11. The average molecular weight is 315 g/mol. The van der Waals surface area contributed by atoms with Crippen LogP contribution in [0.4, 0.5) is 8.78 Å². The predicted molar refractivity (Wildman–Crippen MR) is 78.3 cm³/mol. The van der Waals surface area contributed by atoms with Gasteiger partial charge in [-0.1, -0.05) is 0 Å². The largest absolute Gasteiger partial charge is 0.465 e. The number of thioether (sulfide) groups is 1. The van der Waals surface area contributed by atoms with Crippen LogP contribution in [0.3, 0.4) is 0 Å². The quantitative estimate of drug-likeness (QED) is 0.847. The van der Waals surface area contributed by atoms with Crippen molar-refractivity contribution in [3.8, 4) is 0 Å². The maximum absolute atomic E-state index is 13.7. The van der Waals surface area contributed by atoms with Crippen LogP contribution in [0.1, 0.15) is 26.2 Å². The first-order valence-corrected chi connectivity index (χ1v) is 7.86. The van der Waals surface area contributed by atoms with Gasteiger partial charge in [-0.15, -0.1) is 11.8 Å². The molecule has 1 aromatic rings. The summed E-state index contributed by atoms with van der Waals surface area (Å²) < 4.78 is 32.0. The molecule has 1 saturated carbocycles. The van der Waals surface area contributed by atoms with Crippen molar-refractivity contribution in [1.82, 2.24) is 5.32 Å². The van der Waals surface area contributed by atoms with Gasteiger partial charge in [-0.3, -0.25) is 4.79 Å². The van der Waals surface area contributed by atoms with Crippen LogP contribution in [0.15, 0.2) is 23.1 Å². The molecule has 0 saturated heterocycles. The van der Waals surface area contributed by atoms with Crippen molar-refractivity contribution >= 4 is 17.7 Å². The number of benzene rings is 1. The summed E-state index contributed by atoms with van der Waals surface area (Å²) >= 11 is 1.28. The van der Waals surface area contributed by atoms with Crippen molar-refractivity contribution in [3.05, 3.63) is 29.8 Å². The van der Waals surface area contributed by atoms with Gasteiger partial charge in [0.1, 0.15) is 17.2 Å². The molecule has 1 N–H and O–H groups in total. The van der Waals surface area contributed by atoms with Crippen molar-refractivity contribution in [1.29, 1.82) is 0 Å². The van der Waals surface area contributed by atoms with E-state index in [1.165, 1.54) is 17.8 Å². The van der Waals surface area contributed by atoms with E-state index in [1.807, 2.05) is 0 Å². The van der Waals surface area contributed by atoms with Gasteiger partial charge in [-0.25, -0.2) is 8.78 Å². The summed E-state index contributed by atoms with van der Waals surface area (Å²) in [7, 11) is 1.73. The summed E-state index contributed by atoms with van der Waals surface area (Å²) in [6.07, 6.45) is 1.93. The first-order chi connectivity index (χ1) is 10.0. The normalized spacial score (nSPS) is 25.0. The Balaban J connectivity index is 2.07. The lowest BCUT2D eigenvalue weighted by Gasteiger charge is -2.26. The van der Waals surface area contributed by atoms with E-state index in [4.69, 9.17) is 4.74 Å². The smallest absolute Gasteiger partial charge is 0.326 e. The molecule has 1 aromatic carbocycles. The van der Waals surface area contributed by atoms with Crippen molar-refractivity contribution < 1.29 is 18.3 Å². The van der Waals surface area contributed by atoms with Gasteiger partial charge in [0.25, 0.3) is 0 Å². The summed E-state index contributed by atoms with van der Waals surface area (Å²) in [6.45, 7) is 2.10. The predicted octanol–water partition coefficient (Wildman–Crippen LogP) is 3.13. The zero-order valence-electron chi connectivity index (χ0n) is 12.1. The first kappa shape index (κ1) is 16.2. The summed E-state index contributed by atoms with van der Waals surface area (Å²) in [6, 6.07) is 3.43. The monoisotopic (exact) mass is 315 g/mol. The molecule has 0 radical (unpaired) electrons. The molecule has 0 amide bonds. The number of halogens is 2. The Morgan fingerprint density at radius 2 is 2.29 bits per heavy atom. The molecule has 21 heavy (non-hydrogen) atoms. The maximum Gasteiger partial charge on any atom is 0.326 e. The molecule has 2 unspecified atom stereocenters. The van der Waals surface area contributed by atoms with Crippen molar-refractivity contribution in [2.75, 3.05) is 13.7 Å². The fourth-order valence-corrected chi connectivity index (χ4v) is 3.96. The second-order valence-corrected chi connectivity index (χ2v) is 6.45. The number of rotatable bonds is 5. The fourth-order valence-electron chi connectivity index (χ4n) is 2.63. The molecule has 2 atom stereocenters. The van der Waals surface area contributed by atoms with Crippen molar-refractivity contribution in [2.45, 2.75) is 41.9 Å². The van der Waals surface area contributed by atoms with Crippen LogP contribution < -0.4 is 5.32 Å². The third-order valence-electron chi connectivity index (χ3n) is 3.80. The van der Waals surface area contributed by atoms with Crippen LogP contribution in [-0.4, -0.2) is 30.4 Å². The van der Waals surface area contributed by atoms with Crippen LogP contribution in [0.5, 0.6) is 0 Å². The fraction of sp³-hybridized carbons (Fsp3) is 0.533. The molecule has 6 heteroatoms. The zero-order chi connectivity index (χ0) is 15.5. The highest BCUT2D eigenvalue weighted by molar-refractivity contribution is 8.00. The molecule has 0 bridgehead atoms. The van der Waals surface area contributed by atoms with Crippen LogP contribution in [-0.2, 0) is 9.53 Å². The molecule has 1 fully saturated rings. The molecule has 0 heterocycles. The number of carbonyl (C=O) groups excluding carboxylic acids is 1. The highest BCUT2D eigenvalue weighted by atomic mass is 32.2. The van der Waals surface area contributed by atoms with E-state index >= 15 is 0 Å². The van der Waals surface area contributed by atoms with E-state index in [1.54, 1.807) is 14.0 Å². The molecule has 3 nitrogen and oxygen atoms in total. The molecule has 0 aromatic heterocycles. The number of ether oxygens (including phenoxy) is 1. The van der Waals surface area contributed by atoms with E-state index in [2.05, 4.69) is 5.32 Å². The number of nitrogens with one attached hydrogen (secondary N) is 1. The van der Waals surface area contributed by atoms with Gasteiger partial charge >= 0.3 is 5.97 Å². The second kappa shape index (κ2) is 6.75. The molecule has 1 aliphatic carbocycles. The van der Waals surface area contributed by atoms with Gasteiger partial charge in [-0.05, 0) is 51.4 Å². The SMILES string of the molecule is CCOC(=O)C1(NC)CCC(Sc2cc(F)ccc2F)C1. The van der Waals surface area contributed by atoms with E-state index in [0.29, 0.717) is 19.4 Å². The molecule has 2 rings (SSSR count). The van der Waals surface area contributed by atoms with E-state index in [0.717, 1.165) is 18.6 Å². The molecule has 0 spiro atoms. The zero-order valence-corrected chi connectivity index (χ0v) is 12.9. The summed E-state index contributed by atoms with van der Waals surface area (Å²) in [4.78, 5) is 12.4. The average Bonchev–Trinajstić information content (AvgIpc) is 2.88. The highest BCUT2D eigenvalue weighted by Gasteiger charge is 2.45. The van der Waals surface area contributed by atoms with Crippen LogP contribution in [0.25, 0.3) is 0 Å². The third kappa shape index (κ3) is 3.55. The van der Waals surface area contributed by atoms with Gasteiger partial charge in [0.2, 0.25) is 0 Å². The number of likely N-dealkylation sites (N-methyl/N-ethyl adjacent to an activating group) is 1. The Kier molecular flexibility index (Phi) is 5.22. The minimum atomic E-state index is -0.711. The molecular weight excluding hydrogens is 296 g/mol. The lowest BCUT2D eigenvalue weighted by atomic mass is 9.98. The van der Waals surface area contributed by atoms with Gasteiger partial charge < -0.3 is 10.1 Å². The first-order valence-electron chi connectivity index (χ1n) is 6.98. The Morgan fingerprint density at radius 1 is 1.52 bits per heavy atom. The molecule has 0 aliphatic heterocycles. The Morgan fingerprint density at radius 3 is 2.95 bits per heavy atom. The van der Waals surface area contributed by atoms with Gasteiger partial charge in [-0.2, -0.15) is 0 Å². The van der Waals surface area contributed by atoms with Gasteiger partial charge in [0, 0.05) is 10.1 Å². The van der Waals surface area contributed by atoms with Crippen molar-refractivity contribution in [3.63, 3.8) is 0 Å². The van der Waals surface area contributed by atoms with E-state index < -0.39 is 17.2 Å². The molecule has 116 valence electrons. The van der Waals surface area contributed by atoms with Crippen LogP contribution >= 0.6 is 11.8 Å². The topological polar surface area (TPSA) is 38.3 Å². The Hall–Kier alpha value is -1.14. The van der Waals surface area contributed by atoms with Gasteiger partial charge in [0.15, 0.2) is 0 Å². The van der Waals surface area contributed by atoms with E-state index in [-0.39, 0.29) is 16.1 Å². The number of hydrogen-bond donors (Lipinski definition) is 1. The summed E-state index contributed by atoms with van der Waals surface area (Å²) in [5.41, 5.74) is -0.711. The summed E-state index contributed by atoms with van der Waals surface area (Å²) in [5, 5.41) is 3.10. The minimum Gasteiger partial charge on any atom is -0.465 e. The lowest BCUT2D eigenvalue weighted by molar-refractivity contribution is -0.150. The lowest BCUT2D eigenvalue weighted by Crippen LogP contribution is -2.49. The Bertz CT molecular complexity index is 526. The molecular formula is C15H19F2NO2S. The maximum atomic E-state index is 13.7. The number of esters is 1. The molecule has 1 aliphatic rings. The van der Waals surface area contributed by atoms with E-state index in [9.17, 15) is 13.6 Å². The van der Waals surface area contributed by atoms with Crippen LogP contribution in [0.2, 0.25) is 0 Å². The van der Waals surface area contributed by atoms with Crippen molar-refractivity contribution in [2.24, 2.45) is 0 Å². The standard InChI is InChI=1S/C15H19F2NO2S/c1-3-20-14(19)15(18-2)7-6-11(9-15)21-13-8-10(16)4-5-12(13)17/h4-5,8,11,18H,3,6-7,9H2,1-2H3. The number of hydrogen-bond acceptors (Lipinski definition) is 4. The minimum absolute atomic E-state index is 0.0538. The van der Waals surface area contributed by atoms with Gasteiger partial charge in [0.05, 0.1) is 6.61 Å². The third-order valence-corrected chi connectivity index (χ3v) is 5.10. The van der Waals surface area contributed by atoms with Crippen LogP contribution in [0, 0.1) is 11.6 Å². The Labute approximate surface area is 127 Å². The summed E-state index contributed by atoms with van der Waals surface area (Å²) in [5.74, 6) is -1.16.